The second-order valence-corrected chi connectivity index (χ2v) is 8.08. The molecule has 3 aromatic rings. The summed E-state index contributed by atoms with van der Waals surface area (Å²) < 4.78 is 3.97. The number of aliphatic hydroxyl groups excluding tert-OH is 1. The van der Waals surface area contributed by atoms with Gasteiger partial charge in [-0.2, -0.15) is 0 Å². The Kier molecular flexibility index (Phi) is 4.50. The molecule has 3 amide bonds. The molecule has 0 aliphatic carbocycles. The normalized spacial score (nSPS) is 15.9. The number of amides is 3. The summed E-state index contributed by atoms with van der Waals surface area (Å²) in [6, 6.07) is 11.5. The first kappa shape index (κ1) is 17.5. The Morgan fingerprint density at radius 3 is 2.08 bits per heavy atom. The molecule has 0 saturated carbocycles. The lowest BCUT2D eigenvalue weighted by Crippen LogP contribution is -2.39. The van der Waals surface area contributed by atoms with Crippen LogP contribution in [0, 0.1) is 0 Å². The Labute approximate surface area is 166 Å². The first-order valence-electron chi connectivity index (χ1n) is 8.07. The number of imide groups is 1. The molecule has 26 heavy (non-hydrogen) atoms. The highest BCUT2D eigenvalue weighted by atomic mass is 79.9. The lowest BCUT2D eigenvalue weighted by Gasteiger charge is -2.19. The summed E-state index contributed by atoms with van der Waals surface area (Å²) in [5, 5.41) is 15.1. The summed E-state index contributed by atoms with van der Waals surface area (Å²) in [7, 11) is 0. The van der Waals surface area contributed by atoms with Gasteiger partial charge in [-0.05, 0) is 36.4 Å². The Hall–Kier alpha value is -1.90. The largest absolute Gasteiger partial charge is 0.389 e. The molecular weight excluding hydrogens is 466 g/mol. The average molecular weight is 481 g/mol. The monoisotopic (exact) mass is 479 g/mol. The lowest BCUT2D eigenvalue weighted by atomic mass is 10.2. The highest BCUT2D eigenvalue weighted by molar-refractivity contribution is 9.10. The standard InChI is InChI=1S/C18H15Br2N3O3/c19-10-1-3-15-13(5-10)14-6-11(20)2-4-16(14)22(15)8-12(24)9-23-17(25)7-21-18(23)26/h1-6,12,24H,7-9H2,(H,21,26)/t12-/m0/s1. The third kappa shape index (κ3) is 3.02. The number of β-amino-alcohol motifs (C(OH)–C–C–N with tert-alkyl or cyclic N) is 1. The van der Waals surface area contributed by atoms with Gasteiger partial charge in [-0.25, -0.2) is 4.79 Å². The van der Waals surface area contributed by atoms with E-state index in [4.69, 9.17) is 0 Å². The molecule has 0 spiro atoms. The van der Waals surface area contributed by atoms with Crippen molar-refractivity contribution in [1.29, 1.82) is 0 Å². The van der Waals surface area contributed by atoms with Crippen molar-refractivity contribution >= 4 is 65.6 Å². The van der Waals surface area contributed by atoms with Crippen molar-refractivity contribution in [3.8, 4) is 0 Å². The molecule has 6 nitrogen and oxygen atoms in total. The minimum atomic E-state index is -0.867. The van der Waals surface area contributed by atoms with Crippen LogP contribution in [0.3, 0.4) is 0 Å². The zero-order chi connectivity index (χ0) is 18.4. The summed E-state index contributed by atoms with van der Waals surface area (Å²) in [6.45, 7) is 0.238. The molecule has 1 aliphatic rings. The van der Waals surface area contributed by atoms with Crippen LogP contribution in [0.5, 0.6) is 0 Å². The second kappa shape index (κ2) is 6.68. The van der Waals surface area contributed by atoms with E-state index in [1.54, 1.807) is 0 Å². The minimum Gasteiger partial charge on any atom is -0.389 e. The molecule has 1 saturated heterocycles. The van der Waals surface area contributed by atoms with E-state index in [-0.39, 0.29) is 25.5 Å². The minimum absolute atomic E-state index is 0.0109. The predicted molar refractivity (Wildman–Crippen MR) is 106 cm³/mol. The lowest BCUT2D eigenvalue weighted by molar-refractivity contribution is -0.126. The van der Waals surface area contributed by atoms with Gasteiger partial charge in [0.15, 0.2) is 0 Å². The maximum absolute atomic E-state index is 11.7. The van der Waals surface area contributed by atoms with Gasteiger partial charge in [0.05, 0.1) is 25.7 Å². The molecule has 2 aromatic carbocycles. The number of nitrogens with zero attached hydrogens (tertiary/aromatic N) is 2. The fraction of sp³-hybridized carbons (Fsp3) is 0.222. The van der Waals surface area contributed by atoms with Crippen molar-refractivity contribution in [3.63, 3.8) is 0 Å². The number of benzene rings is 2. The number of carbonyl (C=O) groups excluding carboxylic acids is 2. The van der Waals surface area contributed by atoms with E-state index in [0.717, 1.165) is 35.7 Å². The van der Waals surface area contributed by atoms with Crippen LogP contribution in [-0.2, 0) is 11.3 Å². The van der Waals surface area contributed by atoms with E-state index in [0.29, 0.717) is 0 Å². The molecule has 8 heteroatoms. The van der Waals surface area contributed by atoms with Gasteiger partial charge in [-0.3, -0.25) is 9.69 Å². The third-order valence-corrected chi connectivity index (χ3v) is 5.50. The van der Waals surface area contributed by atoms with Crippen LogP contribution >= 0.6 is 31.9 Å². The number of aromatic nitrogens is 1. The van der Waals surface area contributed by atoms with E-state index in [1.165, 1.54) is 0 Å². The van der Waals surface area contributed by atoms with Gasteiger partial charge in [0.2, 0.25) is 5.91 Å². The van der Waals surface area contributed by atoms with Crippen LogP contribution in [0.2, 0.25) is 0 Å². The molecule has 2 heterocycles. The van der Waals surface area contributed by atoms with Crippen molar-refractivity contribution in [2.24, 2.45) is 0 Å². The number of carbonyl (C=O) groups is 2. The molecule has 0 bridgehead atoms. The quantitative estimate of drug-likeness (QED) is 0.563. The van der Waals surface area contributed by atoms with Crippen molar-refractivity contribution in [1.82, 2.24) is 14.8 Å². The van der Waals surface area contributed by atoms with E-state index < -0.39 is 12.1 Å². The fourth-order valence-corrected chi connectivity index (χ4v) is 4.09. The molecule has 134 valence electrons. The molecule has 0 unspecified atom stereocenters. The Balaban J connectivity index is 1.73. The molecule has 1 fully saturated rings. The van der Waals surface area contributed by atoms with Crippen molar-refractivity contribution in [2.75, 3.05) is 13.1 Å². The Morgan fingerprint density at radius 2 is 1.58 bits per heavy atom. The summed E-state index contributed by atoms with van der Waals surface area (Å²) in [5.41, 5.74) is 1.97. The topological polar surface area (TPSA) is 74.6 Å². The summed E-state index contributed by atoms with van der Waals surface area (Å²) in [4.78, 5) is 24.5. The van der Waals surface area contributed by atoms with Crippen LogP contribution in [-0.4, -0.2) is 45.7 Å². The number of hydrogen-bond donors (Lipinski definition) is 2. The molecule has 1 atom stereocenters. The van der Waals surface area contributed by atoms with Crippen LogP contribution in [0.25, 0.3) is 21.8 Å². The molecule has 0 radical (unpaired) electrons. The number of aliphatic hydroxyl groups is 1. The van der Waals surface area contributed by atoms with Gasteiger partial charge in [0.1, 0.15) is 0 Å². The van der Waals surface area contributed by atoms with Crippen molar-refractivity contribution < 1.29 is 14.7 Å². The summed E-state index contributed by atoms with van der Waals surface area (Å²) in [6.07, 6.45) is -0.867. The number of fused-ring (bicyclic) bond motifs is 3. The second-order valence-electron chi connectivity index (χ2n) is 6.25. The zero-order valence-corrected chi connectivity index (χ0v) is 16.7. The van der Waals surface area contributed by atoms with Crippen LogP contribution in [0.4, 0.5) is 4.79 Å². The van der Waals surface area contributed by atoms with Crippen LogP contribution in [0.1, 0.15) is 0 Å². The number of rotatable bonds is 4. The SMILES string of the molecule is O=C1CNC(=O)N1C[C@@H](O)Cn1c2ccc(Br)cc2c2cc(Br)ccc21. The molecule has 1 aliphatic heterocycles. The maximum Gasteiger partial charge on any atom is 0.324 e. The molecule has 2 N–H and O–H groups in total. The first-order valence-corrected chi connectivity index (χ1v) is 9.66. The van der Waals surface area contributed by atoms with Gasteiger partial charge < -0.3 is 15.0 Å². The average Bonchev–Trinajstić information content (AvgIpc) is 3.07. The van der Waals surface area contributed by atoms with Gasteiger partial charge in [-0.15, -0.1) is 0 Å². The number of halogens is 2. The van der Waals surface area contributed by atoms with Gasteiger partial charge >= 0.3 is 6.03 Å². The highest BCUT2D eigenvalue weighted by Gasteiger charge is 2.30. The van der Waals surface area contributed by atoms with E-state index in [2.05, 4.69) is 37.2 Å². The van der Waals surface area contributed by atoms with E-state index >= 15 is 0 Å². The highest BCUT2D eigenvalue weighted by Crippen LogP contribution is 2.33. The van der Waals surface area contributed by atoms with E-state index in [1.807, 2.05) is 41.0 Å². The predicted octanol–water partition coefficient (Wildman–Crippen LogP) is 3.23. The molecule has 4 rings (SSSR count). The smallest absolute Gasteiger partial charge is 0.324 e. The van der Waals surface area contributed by atoms with Gasteiger partial charge in [0.25, 0.3) is 0 Å². The fourth-order valence-electron chi connectivity index (χ4n) is 3.36. The Morgan fingerprint density at radius 1 is 1.00 bits per heavy atom. The van der Waals surface area contributed by atoms with Crippen LogP contribution in [0.15, 0.2) is 45.3 Å². The van der Waals surface area contributed by atoms with Crippen LogP contribution < -0.4 is 5.32 Å². The zero-order valence-electron chi connectivity index (χ0n) is 13.6. The third-order valence-electron chi connectivity index (χ3n) is 4.51. The Bertz CT molecular complexity index is 972. The van der Waals surface area contributed by atoms with Gasteiger partial charge in [0, 0.05) is 30.8 Å². The number of hydrogen-bond acceptors (Lipinski definition) is 3. The number of urea groups is 1. The summed E-state index contributed by atoms with van der Waals surface area (Å²) in [5.74, 6) is -0.316. The molecule has 1 aromatic heterocycles. The van der Waals surface area contributed by atoms with Crippen molar-refractivity contribution in [2.45, 2.75) is 12.6 Å². The van der Waals surface area contributed by atoms with Crippen molar-refractivity contribution in [3.05, 3.63) is 45.3 Å². The maximum atomic E-state index is 11.7. The van der Waals surface area contributed by atoms with E-state index in [9.17, 15) is 14.7 Å². The molecular formula is C18H15Br2N3O3. The first-order chi connectivity index (χ1) is 12.4. The number of nitrogens with one attached hydrogen (secondary N) is 1. The van der Waals surface area contributed by atoms with Gasteiger partial charge in [-0.1, -0.05) is 31.9 Å². The summed E-state index contributed by atoms with van der Waals surface area (Å²) >= 11 is 7.02.